The van der Waals surface area contributed by atoms with Crippen LogP contribution in [0.5, 0.6) is 0 Å². The summed E-state index contributed by atoms with van der Waals surface area (Å²) in [6.45, 7) is 6.56. The Morgan fingerprint density at radius 2 is 1.62 bits per heavy atom. The molecule has 2 aromatic carbocycles. The molecule has 0 amide bonds. The lowest BCUT2D eigenvalue weighted by Crippen LogP contribution is -2.27. The van der Waals surface area contributed by atoms with Gasteiger partial charge >= 0.3 is 0 Å². The summed E-state index contributed by atoms with van der Waals surface area (Å²) in [7, 11) is 0. The predicted molar refractivity (Wildman–Crippen MR) is 130 cm³/mol. The summed E-state index contributed by atoms with van der Waals surface area (Å²) in [6.07, 6.45) is 7.68. The largest absolute Gasteiger partial charge is 0.377 e. The standard InChI is InChI=1S/C29H33F3O2/c1-3-19-5-7-20(8-6-19)25-15-16-26(29(32)28(25)31)21-9-12-23(13-10-21)34-18-22-11-14-24(33-4-2)17-27(22)30/h3,5-8,15-17,21-24H,1,4,9-14,18H2,2H3. The maximum atomic E-state index is 15.0. The summed E-state index contributed by atoms with van der Waals surface area (Å²) >= 11 is 0. The van der Waals surface area contributed by atoms with Crippen molar-refractivity contribution in [2.24, 2.45) is 5.92 Å². The Bertz CT molecular complexity index is 1010. The molecule has 2 unspecified atom stereocenters. The first kappa shape index (κ1) is 24.7. The molecule has 0 radical (unpaired) electrons. The zero-order chi connectivity index (χ0) is 24.1. The van der Waals surface area contributed by atoms with Crippen LogP contribution in [-0.4, -0.2) is 25.4 Å². The van der Waals surface area contributed by atoms with E-state index in [-0.39, 0.29) is 35.4 Å². The molecule has 0 aromatic heterocycles. The molecule has 0 aliphatic heterocycles. The topological polar surface area (TPSA) is 18.5 Å². The normalized spacial score (nSPS) is 25.1. The van der Waals surface area contributed by atoms with Crippen molar-refractivity contribution in [1.29, 1.82) is 0 Å². The van der Waals surface area contributed by atoms with Gasteiger partial charge in [-0.3, -0.25) is 0 Å². The molecule has 0 bridgehead atoms. The van der Waals surface area contributed by atoms with Crippen LogP contribution in [0, 0.1) is 17.6 Å². The molecule has 2 aromatic rings. The van der Waals surface area contributed by atoms with E-state index in [1.807, 2.05) is 19.1 Å². The molecule has 2 aliphatic carbocycles. The van der Waals surface area contributed by atoms with Gasteiger partial charge in [0.15, 0.2) is 11.6 Å². The number of hydrogen-bond donors (Lipinski definition) is 0. The van der Waals surface area contributed by atoms with Gasteiger partial charge in [-0.2, -0.15) is 0 Å². The average Bonchev–Trinajstić information content (AvgIpc) is 2.86. The van der Waals surface area contributed by atoms with Crippen molar-refractivity contribution >= 4 is 6.08 Å². The van der Waals surface area contributed by atoms with Crippen molar-refractivity contribution in [2.45, 2.75) is 63.6 Å². The number of halogens is 3. The molecule has 34 heavy (non-hydrogen) atoms. The second-order valence-electron chi connectivity index (χ2n) is 9.28. The lowest BCUT2D eigenvalue weighted by Gasteiger charge is -2.31. The van der Waals surface area contributed by atoms with Gasteiger partial charge in [0.2, 0.25) is 0 Å². The minimum atomic E-state index is -0.799. The predicted octanol–water partition coefficient (Wildman–Crippen LogP) is 7.99. The monoisotopic (exact) mass is 470 g/mol. The van der Waals surface area contributed by atoms with Crippen LogP contribution in [0.2, 0.25) is 0 Å². The first-order valence-corrected chi connectivity index (χ1v) is 12.3. The lowest BCUT2D eigenvalue weighted by molar-refractivity contribution is -0.00174. The summed E-state index contributed by atoms with van der Waals surface area (Å²) in [4.78, 5) is 0. The van der Waals surface area contributed by atoms with E-state index in [0.29, 0.717) is 24.3 Å². The Hall–Kier alpha value is -2.37. The molecule has 2 aliphatic rings. The molecular weight excluding hydrogens is 437 g/mol. The minimum Gasteiger partial charge on any atom is -0.377 e. The molecule has 0 saturated heterocycles. The van der Waals surface area contributed by atoms with E-state index in [0.717, 1.165) is 44.1 Å². The number of rotatable bonds is 8. The van der Waals surface area contributed by atoms with E-state index in [1.165, 1.54) is 0 Å². The van der Waals surface area contributed by atoms with E-state index in [9.17, 15) is 8.78 Å². The van der Waals surface area contributed by atoms with Gasteiger partial charge in [-0.25, -0.2) is 13.2 Å². The third kappa shape index (κ3) is 5.64. The minimum absolute atomic E-state index is 0.0317. The Morgan fingerprint density at radius 1 is 0.882 bits per heavy atom. The van der Waals surface area contributed by atoms with Crippen LogP contribution in [-0.2, 0) is 9.47 Å². The van der Waals surface area contributed by atoms with Gasteiger partial charge in [0, 0.05) is 18.1 Å². The molecule has 2 atom stereocenters. The van der Waals surface area contributed by atoms with Gasteiger partial charge in [0.25, 0.3) is 0 Å². The third-order valence-corrected chi connectivity index (χ3v) is 7.13. The van der Waals surface area contributed by atoms with E-state index >= 15 is 4.39 Å². The van der Waals surface area contributed by atoms with Crippen molar-refractivity contribution in [3.05, 3.63) is 77.6 Å². The van der Waals surface area contributed by atoms with E-state index in [2.05, 4.69) is 6.58 Å². The zero-order valence-corrected chi connectivity index (χ0v) is 19.7. The molecule has 2 nitrogen and oxygen atoms in total. The van der Waals surface area contributed by atoms with E-state index in [4.69, 9.17) is 9.47 Å². The van der Waals surface area contributed by atoms with Crippen LogP contribution in [0.15, 0.2) is 54.9 Å². The van der Waals surface area contributed by atoms with E-state index < -0.39 is 11.6 Å². The number of hydrogen-bond acceptors (Lipinski definition) is 2. The summed E-state index contributed by atoms with van der Waals surface area (Å²) in [5.41, 5.74) is 2.27. The summed E-state index contributed by atoms with van der Waals surface area (Å²) < 4.78 is 55.8. The molecule has 0 spiro atoms. The maximum Gasteiger partial charge on any atom is 0.166 e. The molecule has 1 fully saturated rings. The van der Waals surface area contributed by atoms with Crippen LogP contribution < -0.4 is 0 Å². The SMILES string of the molecule is C=Cc1ccc(-c2ccc(C3CCC(OCC4CCC(OCC)C=C4F)CC3)c(F)c2F)cc1. The Labute approximate surface area is 200 Å². The molecule has 182 valence electrons. The Morgan fingerprint density at radius 3 is 2.26 bits per heavy atom. The van der Waals surface area contributed by atoms with Crippen molar-refractivity contribution in [3.8, 4) is 11.1 Å². The Balaban J connectivity index is 1.33. The second-order valence-corrected chi connectivity index (χ2v) is 9.28. The molecule has 0 heterocycles. The quantitative estimate of drug-likeness (QED) is 0.389. The van der Waals surface area contributed by atoms with Crippen LogP contribution >= 0.6 is 0 Å². The van der Waals surface area contributed by atoms with Crippen molar-refractivity contribution in [3.63, 3.8) is 0 Å². The highest BCUT2D eigenvalue weighted by atomic mass is 19.2. The van der Waals surface area contributed by atoms with Gasteiger partial charge in [0.1, 0.15) is 5.83 Å². The summed E-state index contributed by atoms with van der Waals surface area (Å²) in [5, 5.41) is 0. The van der Waals surface area contributed by atoms with Gasteiger partial charge in [-0.05, 0) is 74.1 Å². The lowest BCUT2D eigenvalue weighted by atomic mass is 9.82. The molecule has 0 N–H and O–H groups in total. The van der Waals surface area contributed by atoms with Gasteiger partial charge < -0.3 is 9.47 Å². The van der Waals surface area contributed by atoms with Crippen LogP contribution in [0.1, 0.15) is 62.5 Å². The fourth-order valence-electron chi connectivity index (χ4n) is 5.10. The highest BCUT2D eigenvalue weighted by Crippen LogP contribution is 2.38. The van der Waals surface area contributed by atoms with Gasteiger partial charge in [-0.15, -0.1) is 0 Å². The second kappa shape index (κ2) is 11.4. The average molecular weight is 471 g/mol. The van der Waals surface area contributed by atoms with Gasteiger partial charge in [-0.1, -0.05) is 49.1 Å². The zero-order valence-electron chi connectivity index (χ0n) is 19.7. The highest BCUT2D eigenvalue weighted by Gasteiger charge is 2.29. The van der Waals surface area contributed by atoms with Crippen molar-refractivity contribution < 1.29 is 22.6 Å². The van der Waals surface area contributed by atoms with E-state index in [1.54, 1.807) is 36.4 Å². The fourth-order valence-corrected chi connectivity index (χ4v) is 5.10. The highest BCUT2D eigenvalue weighted by molar-refractivity contribution is 5.66. The number of benzene rings is 2. The van der Waals surface area contributed by atoms with Gasteiger partial charge in [0.05, 0.1) is 18.8 Å². The first-order chi connectivity index (χ1) is 16.5. The summed E-state index contributed by atoms with van der Waals surface area (Å²) in [5.74, 6) is -1.95. The van der Waals surface area contributed by atoms with Crippen molar-refractivity contribution in [2.75, 3.05) is 13.2 Å². The van der Waals surface area contributed by atoms with Crippen LogP contribution in [0.4, 0.5) is 13.2 Å². The molecular formula is C29H33F3O2. The fraction of sp³-hybridized carbons (Fsp3) is 0.448. The molecule has 1 saturated carbocycles. The summed E-state index contributed by atoms with van der Waals surface area (Å²) in [6, 6.07) is 10.6. The first-order valence-electron chi connectivity index (χ1n) is 12.3. The van der Waals surface area contributed by atoms with Crippen LogP contribution in [0.25, 0.3) is 17.2 Å². The Kier molecular flexibility index (Phi) is 8.28. The molecule has 5 heteroatoms. The smallest absolute Gasteiger partial charge is 0.166 e. The maximum absolute atomic E-state index is 15.0. The molecule has 4 rings (SSSR count). The third-order valence-electron chi connectivity index (χ3n) is 7.13. The van der Waals surface area contributed by atoms with Crippen molar-refractivity contribution in [1.82, 2.24) is 0 Å². The van der Waals surface area contributed by atoms with Crippen LogP contribution in [0.3, 0.4) is 0 Å². The number of ether oxygens (including phenoxy) is 2.